The largest absolute Gasteiger partial charge is 0.488 e. The molecule has 3 aromatic rings. The van der Waals surface area contributed by atoms with E-state index in [1.807, 2.05) is 36.4 Å². The molecule has 5 heteroatoms. The molecular formula is C22H20BrClFNO. The van der Waals surface area contributed by atoms with Crippen LogP contribution in [0, 0.1) is 5.82 Å². The predicted octanol–water partition coefficient (Wildman–Crippen LogP) is 6.67. The molecule has 3 aromatic carbocycles. The van der Waals surface area contributed by atoms with E-state index in [9.17, 15) is 4.39 Å². The molecule has 0 heterocycles. The first kappa shape index (κ1) is 19.9. The van der Waals surface area contributed by atoms with Gasteiger partial charge in [0.2, 0.25) is 0 Å². The van der Waals surface area contributed by atoms with E-state index in [1.165, 1.54) is 11.6 Å². The fourth-order valence-electron chi connectivity index (χ4n) is 2.77. The molecule has 0 saturated heterocycles. The minimum atomic E-state index is -0.364. The number of hydrogen-bond acceptors (Lipinski definition) is 2. The van der Waals surface area contributed by atoms with Gasteiger partial charge in [-0.15, -0.1) is 0 Å². The molecule has 2 nitrogen and oxygen atoms in total. The Morgan fingerprint density at radius 1 is 1.07 bits per heavy atom. The van der Waals surface area contributed by atoms with E-state index in [4.69, 9.17) is 16.3 Å². The Kier molecular flexibility index (Phi) is 6.89. The Morgan fingerprint density at radius 3 is 2.59 bits per heavy atom. The zero-order valence-electron chi connectivity index (χ0n) is 14.9. The molecule has 0 aliphatic carbocycles. The van der Waals surface area contributed by atoms with Gasteiger partial charge in [0.25, 0.3) is 0 Å². The molecule has 0 fully saturated rings. The van der Waals surface area contributed by atoms with Gasteiger partial charge in [0.1, 0.15) is 18.2 Å². The lowest BCUT2D eigenvalue weighted by atomic mass is 10.1. The quantitative estimate of drug-likeness (QED) is 0.436. The molecule has 0 aliphatic heterocycles. The average molecular weight is 449 g/mol. The highest BCUT2D eigenvalue weighted by Crippen LogP contribution is 2.27. The van der Waals surface area contributed by atoms with Crippen LogP contribution in [0.1, 0.15) is 29.7 Å². The van der Waals surface area contributed by atoms with E-state index in [0.717, 1.165) is 10.0 Å². The first-order valence-corrected chi connectivity index (χ1v) is 9.84. The van der Waals surface area contributed by atoms with E-state index < -0.39 is 0 Å². The van der Waals surface area contributed by atoms with Gasteiger partial charge < -0.3 is 10.1 Å². The number of hydrogen-bond donors (Lipinski definition) is 1. The molecule has 0 bridgehead atoms. The van der Waals surface area contributed by atoms with Gasteiger partial charge in [-0.25, -0.2) is 4.39 Å². The molecule has 0 spiro atoms. The van der Waals surface area contributed by atoms with Crippen molar-refractivity contribution in [1.29, 1.82) is 0 Å². The smallest absolute Gasteiger partial charge is 0.131 e. The summed E-state index contributed by atoms with van der Waals surface area (Å²) in [6.45, 7) is 2.82. The Bertz CT molecular complexity index is 884. The average Bonchev–Trinajstić information content (AvgIpc) is 2.67. The first-order valence-electron chi connectivity index (χ1n) is 8.67. The Hall–Kier alpha value is -1.88. The highest BCUT2D eigenvalue weighted by Gasteiger charge is 2.11. The zero-order chi connectivity index (χ0) is 19.2. The highest BCUT2D eigenvalue weighted by molar-refractivity contribution is 9.10. The van der Waals surface area contributed by atoms with Crippen molar-refractivity contribution >= 4 is 27.5 Å². The summed E-state index contributed by atoms with van der Waals surface area (Å²) in [6.07, 6.45) is 0. The number of halogens is 3. The molecule has 0 amide bonds. The third-order valence-corrected chi connectivity index (χ3v) is 5.20. The minimum absolute atomic E-state index is 0.0778. The van der Waals surface area contributed by atoms with Crippen molar-refractivity contribution in [3.8, 4) is 5.75 Å². The van der Waals surface area contributed by atoms with Crippen molar-refractivity contribution in [3.63, 3.8) is 0 Å². The second kappa shape index (κ2) is 9.36. The van der Waals surface area contributed by atoms with Crippen molar-refractivity contribution in [1.82, 2.24) is 5.32 Å². The maximum absolute atomic E-state index is 14.0. The molecule has 0 saturated carbocycles. The summed E-state index contributed by atoms with van der Waals surface area (Å²) in [5.41, 5.74) is 2.56. The normalized spacial score (nSPS) is 12.0. The lowest BCUT2D eigenvalue weighted by Crippen LogP contribution is -2.18. The summed E-state index contributed by atoms with van der Waals surface area (Å²) < 4.78 is 20.8. The van der Waals surface area contributed by atoms with Crippen LogP contribution in [0.5, 0.6) is 5.75 Å². The van der Waals surface area contributed by atoms with E-state index in [2.05, 4.69) is 40.3 Å². The van der Waals surface area contributed by atoms with E-state index in [1.54, 1.807) is 12.1 Å². The zero-order valence-corrected chi connectivity index (χ0v) is 17.2. The number of rotatable bonds is 7. The molecule has 1 N–H and O–H groups in total. The predicted molar refractivity (Wildman–Crippen MR) is 112 cm³/mol. The third kappa shape index (κ3) is 5.32. The standard InChI is InChI=1S/C22H20BrClFNO/c1-15(16-6-3-2-4-7-16)26-13-17-12-18(23)10-11-22(17)27-14-19-20(24)8-5-9-21(19)25/h2-12,15,26H,13-14H2,1H3/t15-/m1/s1. The van der Waals surface area contributed by atoms with Gasteiger partial charge in [0.05, 0.1) is 5.02 Å². The number of benzene rings is 3. The molecule has 0 radical (unpaired) electrons. The van der Waals surface area contributed by atoms with Gasteiger partial charge in [-0.3, -0.25) is 0 Å². The fraction of sp³-hybridized carbons (Fsp3) is 0.182. The summed E-state index contributed by atoms with van der Waals surface area (Å²) in [6, 6.07) is 20.9. The fourth-order valence-corrected chi connectivity index (χ4v) is 3.40. The van der Waals surface area contributed by atoms with Crippen LogP contribution in [0.15, 0.2) is 71.2 Å². The summed E-state index contributed by atoms with van der Waals surface area (Å²) in [5, 5.41) is 3.87. The lowest BCUT2D eigenvalue weighted by Gasteiger charge is -2.17. The first-order chi connectivity index (χ1) is 13.0. The second-order valence-electron chi connectivity index (χ2n) is 6.25. The van der Waals surface area contributed by atoms with Crippen molar-refractivity contribution in [2.75, 3.05) is 0 Å². The highest BCUT2D eigenvalue weighted by atomic mass is 79.9. The second-order valence-corrected chi connectivity index (χ2v) is 7.58. The minimum Gasteiger partial charge on any atom is -0.488 e. The van der Waals surface area contributed by atoms with Crippen molar-refractivity contribution in [3.05, 3.63) is 98.7 Å². The summed E-state index contributed by atoms with van der Waals surface area (Å²) >= 11 is 9.59. The third-order valence-electron chi connectivity index (χ3n) is 4.35. The summed E-state index contributed by atoms with van der Waals surface area (Å²) in [7, 11) is 0. The van der Waals surface area contributed by atoms with Crippen LogP contribution < -0.4 is 10.1 Å². The maximum atomic E-state index is 14.0. The summed E-state index contributed by atoms with van der Waals surface area (Å²) in [4.78, 5) is 0. The number of ether oxygens (including phenoxy) is 1. The van der Waals surface area contributed by atoms with Gasteiger partial charge in [-0.1, -0.05) is 63.9 Å². The topological polar surface area (TPSA) is 21.3 Å². The molecule has 0 aromatic heterocycles. The van der Waals surface area contributed by atoms with Crippen LogP contribution in [0.4, 0.5) is 4.39 Å². The van der Waals surface area contributed by atoms with Crippen molar-refractivity contribution in [2.45, 2.75) is 26.1 Å². The monoisotopic (exact) mass is 447 g/mol. The van der Waals surface area contributed by atoms with Crippen molar-refractivity contribution < 1.29 is 9.13 Å². The molecular weight excluding hydrogens is 429 g/mol. The summed E-state index contributed by atoms with van der Waals surface area (Å²) in [5.74, 6) is 0.335. The van der Waals surface area contributed by atoms with E-state index in [-0.39, 0.29) is 18.5 Å². The van der Waals surface area contributed by atoms with Gasteiger partial charge >= 0.3 is 0 Å². The molecule has 3 rings (SSSR count). The van der Waals surface area contributed by atoms with Crippen molar-refractivity contribution in [2.24, 2.45) is 0 Å². The van der Waals surface area contributed by atoms with Gasteiger partial charge in [0.15, 0.2) is 0 Å². The van der Waals surface area contributed by atoms with E-state index in [0.29, 0.717) is 22.9 Å². The van der Waals surface area contributed by atoms with Crippen LogP contribution in [0.3, 0.4) is 0 Å². The molecule has 1 atom stereocenters. The van der Waals surface area contributed by atoms with E-state index >= 15 is 0 Å². The van der Waals surface area contributed by atoms with Crippen LogP contribution in [0.2, 0.25) is 5.02 Å². The molecule has 0 unspecified atom stereocenters. The molecule has 27 heavy (non-hydrogen) atoms. The molecule has 140 valence electrons. The molecule has 0 aliphatic rings. The van der Waals surface area contributed by atoms with Crippen LogP contribution >= 0.6 is 27.5 Å². The number of nitrogens with one attached hydrogen (secondary N) is 1. The Morgan fingerprint density at radius 2 is 1.85 bits per heavy atom. The van der Waals surface area contributed by atoms with Crippen LogP contribution in [0.25, 0.3) is 0 Å². The van der Waals surface area contributed by atoms with Gasteiger partial charge in [-0.2, -0.15) is 0 Å². The van der Waals surface area contributed by atoms with Crippen LogP contribution in [-0.2, 0) is 13.2 Å². The van der Waals surface area contributed by atoms with Gasteiger partial charge in [-0.05, 0) is 42.8 Å². The Labute approximate surface area is 172 Å². The van der Waals surface area contributed by atoms with Gasteiger partial charge in [0, 0.05) is 28.2 Å². The maximum Gasteiger partial charge on any atom is 0.131 e. The Balaban J connectivity index is 1.71. The SMILES string of the molecule is C[C@@H](NCc1cc(Br)ccc1OCc1c(F)cccc1Cl)c1ccccc1. The van der Waals surface area contributed by atoms with Crippen LogP contribution in [-0.4, -0.2) is 0 Å². The lowest BCUT2D eigenvalue weighted by molar-refractivity contribution is 0.295.